The zero-order valence-electron chi connectivity index (χ0n) is 17.8. The summed E-state index contributed by atoms with van der Waals surface area (Å²) in [7, 11) is 4.85. The molecule has 0 aliphatic carbocycles. The molecule has 156 valence electrons. The van der Waals surface area contributed by atoms with Gasteiger partial charge in [-0.15, -0.1) is 0 Å². The molecule has 0 amide bonds. The molecule has 31 heavy (non-hydrogen) atoms. The molecule has 0 bridgehead atoms. The van der Waals surface area contributed by atoms with E-state index in [0.717, 1.165) is 33.8 Å². The molecule has 0 spiro atoms. The van der Waals surface area contributed by atoms with Crippen LogP contribution >= 0.6 is 0 Å². The number of nitrogens with zero attached hydrogens (tertiary/aromatic N) is 1. The van der Waals surface area contributed by atoms with E-state index in [1.165, 1.54) is 0 Å². The van der Waals surface area contributed by atoms with Crippen molar-refractivity contribution in [3.63, 3.8) is 0 Å². The maximum Gasteiger partial charge on any atom is 0.164 e. The molecular formula is C26H24N2O3. The van der Waals surface area contributed by atoms with Gasteiger partial charge in [-0.1, -0.05) is 30.3 Å². The predicted molar refractivity (Wildman–Crippen MR) is 124 cm³/mol. The Morgan fingerprint density at radius 2 is 1.26 bits per heavy atom. The number of anilines is 2. The largest absolute Gasteiger partial charge is 0.496 e. The average Bonchev–Trinajstić information content (AvgIpc) is 2.84. The van der Waals surface area contributed by atoms with Gasteiger partial charge in [0.2, 0.25) is 0 Å². The second kappa shape index (κ2) is 9.22. The summed E-state index contributed by atoms with van der Waals surface area (Å²) < 4.78 is 16.4. The van der Waals surface area contributed by atoms with Crippen LogP contribution in [0, 0.1) is 0 Å². The van der Waals surface area contributed by atoms with Crippen LogP contribution in [0.3, 0.4) is 0 Å². The molecule has 3 aromatic carbocycles. The van der Waals surface area contributed by atoms with Crippen molar-refractivity contribution in [2.24, 2.45) is 0 Å². The first-order chi connectivity index (χ1) is 15.2. The molecule has 0 saturated heterocycles. The summed E-state index contributed by atoms with van der Waals surface area (Å²) in [5, 5.41) is 3.40. The van der Waals surface area contributed by atoms with E-state index >= 15 is 0 Å². The van der Waals surface area contributed by atoms with Gasteiger partial charge in [-0.3, -0.25) is 4.98 Å². The second-order valence-corrected chi connectivity index (χ2v) is 6.91. The van der Waals surface area contributed by atoms with Crippen molar-refractivity contribution in [3.8, 4) is 39.6 Å². The van der Waals surface area contributed by atoms with Gasteiger partial charge in [-0.25, -0.2) is 0 Å². The van der Waals surface area contributed by atoms with E-state index < -0.39 is 0 Å². The third-order valence-corrected chi connectivity index (χ3v) is 5.02. The first-order valence-electron chi connectivity index (χ1n) is 9.91. The summed E-state index contributed by atoms with van der Waals surface area (Å²) in [5.41, 5.74) is 5.88. The highest BCUT2D eigenvalue weighted by Gasteiger charge is 2.15. The molecule has 4 rings (SSSR count). The number of benzene rings is 3. The van der Waals surface area contributed by atoms with Gasteiger partial charge in [0.25, 0.3) is 0 Å². The minimum atomic E-state index is 0.612. The zero-order chi connectivity index (χ0) is 21.6. The first kappa shape index (κ1) is 20.3. The molecule has 0 aliphatic heterocycles. The normalized spacial score (nSPS) is 10.4. The first-order valence-corrected chi connectivity index (χ1v) is 9.91. The Morgan fingerprint density at radius 1 is 0.613 bits per heavy atom. The number of rotatable bonds is 7. The molecule has 5 heteroatoms. The second-order valence-electron chi connectivity index (χ2n) is 6.91. The van der Waals surface area contributed by atoms with Gasteiger partial charge in [-0.05, 0) is 53.6 Å². The lowest BCUT2D eigenvalue weighted by Crippen LogP contribution is -1.96. The molecule has 0 unspecified atom stereocenters. The zero-order valence-corrected chi connectivity index (χ0v) is 17.8. The minimum absolute atomic E-state index is 0.612. The number of hydrogen-bond acceptors (Lipinski definition) is 5. The summed E-state index contributed by atoms with van der Waals surface area (Å²) >= 11 is 0. The number of ether oxygens (including phenoxy) is 3. The minimum Gasteiger partial charge on any atom is -0.496 e. The average molecular weight is 412 g/mol. The van der Waals surface area contributed by atoms with Gasteiger partial charge < -0.3 is 19.5 Å². The smallest absolute Gasteiger partial charge is 0.164 e. The predicted octanol–water partition coefficient (Wildman–Crippen LogP) is 6.19. The van der Waals surface area contributed by atoms with Crippen LogP contribution in [-0.4, -0.2) is 26.3 Å². The number of nitrogens with one attached hydrogen (secondary N) is 1. The Labute approximate surface area is 182 Å². The van der Waals surface area contributed by atoms with E-state index in [4.69, 9.17) is 14.2 Å². The van der Waals surface area contributed by atoms with Crippen molar-refractivity contribution in [2.45, 2.75) is 0 Å². The van der Waals surface area contributed by atoms with E-state index in [0.29, 0.717) is 17.2 Å². The number of aromatic nitrogens is 1. The summed E-state index contributed by atoms with van der Waals surface area (Å²) in [6.07, 6.45) is 1.80. The summed E-state index contributed by atoms with van der Waals surface area (Å²) in [6.45, 7) is 0. The molecule has 1 N–H and O–H groups in total. The summed E-state index contributed by atoms with van der Waals surface area (Å²) in [6, 6.07) is 26.2. The molecule has 0 radical (unpaired) electrons. The fraction of sp³-hybridized carbons (Fsp3) is 0.115. The maximum absolute atomic E-state index is 5.58. The van der Waals surface area contributed by atoms with Crippen LogP contribution in [-0.2, 0) is 0 Å². The van der Waals surface area contributed by atoms with Crippen LogP contribution in [0.1, 0.15) is 0 Å². The molecule has 0 fully saturated rings. The van der Waals surface area contributed by atoms with Gasteiger partial charge in [0.15, 0.2) is 11.5 Å². The summed E-state index contributed by atoms with van der Waals surface area (Å²) in [4.78, 5) is 4.56. The maximum atomic E-state index is 5.58. The molecule has 1 heterocycles. The summed E-state index contributed by atoms with van der Waals surface area (Å²) in [5.74, 6) is 1.91. The highest BCUT2D eigenvalue weighted by molar-refractivity contribution is 5.76. The Balaban J connectivity index is 1.65. The van der Waals surface area contributed by atoms with Crippen LogP contribution < -0.4 is 19.5 Å². The third kappa shape index (κ3) is 4.46. The third-order valence-electron chi connectivity index (χ3n) is 5.02. The van der Waals surface area contributed by atoms with Crippen LogP contribution in [0.4, 0.5) is 11.4 Å². The van der Waals surface area contributed by atoms with Gasteiger partial charge in [0.1, 0.15) is 5.75 Å². The SMILES string of the molecule is COc1cc(OC)c(-c2cc(-c3ccc(Nc4ccccc4)cc3)ccn2)cc1OC. The van der Waals surface area contributed by atoms with Crippen molar-refractivity contribution in [1.29, 1.82) is 0 Å². The van der Waals surface area contributed by atoms with Crippen molar-refractivity contribution >= 4 is 11.4 Å². The van der Waals surface area contributed by atoms with Crippen LogP contribution in [0.5, 0.6) is 17.2 Å². The van der Waals surface area contributed by atoms with Crippen molar-refractivity contribution < 1.29 is 14.2 Å². The molecule has 0 atom stereocenters. The molecular weight excluding hydrogens is 388 g/mol. The molecule has 4 aromatic rings. The standard InChI is InChI=1S/C26H24N2O3/c1-29-24-17-26(31-3)25(30-2)16-22(24)23-15-19(13-14-27-23)18-9-11-21(12-10-18)28-20-7-5-4-6-8-20/h4-17,28H,1-3H3. The van der Waals surface area contributed by atoms with E-state index in [-0.39, 0.29) is 0 Å². The number of methoxy groups -OCH3 is 3. The van der Waals surface area contributed by atoms with Crippen LogP contribution in [0.25, 0.3) is 22.4 Å². The molecule has 1 aromatic heterocycles. The highest BCUT2D eigenvalue weighted by atomic mass is 16.5. The van der Waals surface area contributed by atoms with E-state index in [2.05, 4.69) is 34.6 Å². The van der Waals surface area contributed by atoms with E-state index in [1.54, 1.807) is 27.5 Å². The fourth-order valence-electron chi connectivity index (χ4n) is 3.42. The Kier molecular flexibility index (Phi) is 6.03. The van der Waals surface area contributed by atoms with Crippen LogP contribution in [0.15, 0.2) is 85.1 Å². The lowest BCUT2D eigenvalue weighted by Gasteiger charge is -2.14. The Bertz CT molecular complexity index is 1160. The number of para-hydroxylation sites is 1. The Hall–Kier alpha value is -3.99. The topological polar surface area (TPSA) is 52.6 Å². The van der Waals surface area contributed by atoms with Crippen molar-refractivity contribution in [1.82, 2.24) is 4.98 Å². The molecule has 0 saturated carbocycles. The van der Waals surface area contributed by atoms with E-state index in [1.807, 2.05) is 54.6 Å². The van der Waals surface area contributed by atoms with Gasteiger partial charge >= 0.3 is 0 Å². The number of pyridine rings is 1. The molecule has 5 nitrogen and oxygen atoms in total. The lowest BCUT2D eigenvalue weighted by molar-refractivity contribution is 0.349. The highest BCUT2D eigenvalue weighted by Crippen LogP contribution is 2.40. The van der Waals surface area contributed by atoms with E-state index in [9.17, 15) is 0 Å². The van der Waals surface area contributed by atoms with Gasteiger partial charge in [-0.2, -0.15) is 0 Å². The fourth-order valence-corrected chi connectivity index (χ4v) is 3.42. The lowest BCUT2D eigenvalue weighted by atomic mass is 10.0. The van der Waals surface area contributed by atoms with Crippen LogP contribution in [0.2, 0.25) is 0 Å². The van der Waals surface area contributed by atoms with Gasteiger partial charge in [0.05, 0.1) is 27.0 Å². The van der Waals surface area contributed by atoms with Gasteiger partial charge in [0, 0.05) is 29.2 Å². The van der Waals surface area contributed by atoms with Crippen molar-refractivity contribution in [2.75, 3.05) is 26.6 Å². The number of hydrogen-bond donors (Lipinski definition) is 1. The Morgan fingerprint density at radius 3 is 1.94 bits per heavy atom. The monoisotopic (exact) mass is 412 g/mol. The quantitative estimate of drug-likeness (QED) is 0.392. The van der Waals surface area contributed by atoms with Crippen molar-refractivity contribution in [3.05, 3.63) is 85.1 Å². The molecule has 0 aliphatic rings.